The van der Waals surface area contributed by atoms with Gasteiger partial charge in [0.25, 0.3) is 5.91 Å². The third-order valence-corrected chi connectivity index (χ3v) is 4.90. The highest BCUT2D eigenvalue weighted by atomic mass is 16.1. The maximum atomic E-state index is 12.4. The number of fused-ring (bicyclic) bond motifs is 1. The first-order valence-corrected chi connectivity index (χ1v) is 8.72. The Balaban J connectivity index is 1.28. The molecule has 0 unspecified atom stereocenters. The van der Waals surface area contributed by atoms with Gasteiger partial charge < -0.3 is 10.3 Å². The first-order valence-electron chi connectivity index (χ1n) is 8.72. The minimum Gasteiger partial charge on any atom is -0.361 e. The van der Waals surface area contributed by atoms with E-state index in [1.807, 2.05) is 48.4 Å². The van der Waals surface area contributed by atoms with E-state index in [1.54, 1.807) is 0 Å². The minimum absolute atomic E-state index is 0.00205. The number of rotatable bonds is 5. The Morgan fingerprint density at radius 3 is 3.16 bits per heavy atom. The molecule has 6 heteroatoms. The summed E-state index contributed by atoms with van der Waals surface area (Å²) in [7, 11) is 1.94. The number of aryl methyl sites for hydroxylation is 1. The van der Waals surface area contributed by atoms with Crippen molar-refractivity contribution in [2.45, 2.75) is 13.0 Å². The largest absolute Gasteiger partial charge is 0.361 e. The number of aromatic nitrogens is 3. The van der Waals surface area contributed by atoms with E-state index in [0.717, 1.165) is 43.5 Å². The normalized spacial score (nSPS) is 18.0. The molecule has 1 amide bonds. The van der Waals surface area contributed by atoms with Crippen LogP contribution >= 0.6 is 0 Å². The number of nitrogens with zero attached hydrogens (tertiary/aromatic N) is 3. The number of likely N-dealkylation sites (tertiary alicyclic amines) is 1. The van der Waals surface area contributed by atoms with Gasteiger partial charge in [0.1, 0.15) is 0 Å². The number of nitrogens with one attached hydrogen (secondary N) is 2. The van der Waals surface area contributed by atoms with E-state index < -0.39 is 0 Å². The summed E-state index contributed by atoms with van der Waals surface area (Å²) < 4.78 is 1.84. The lowest BCUT2D eigenvalue weighted by Crippen LogP contribution is -2.30. The number of carbonyl (C=O) groups is 1. The van der Waals surface area contributed by atoms with E-state index in [-0.39, 0.29) is 5.91 Å². The molecule has 6 nitrogen and oxygen atoms in total. The first-order chi connectivity index (χ1) is 12.2. The van der Waals surface area contributed by atoms with Crippen LogP contribution in [0.25, 0.3) is 10.9 Å². The summed E-state index contributed by atoms with van der Waals surface area (Å²) >= 11 is 0. The summed E-state index contributed by atoms with van der Waals surface area (Å²) in [6.07, 6.45) is 7.00. The van der Waals surface area contributed by atoms with Gasteiger partial charge in [-0.05, 0) is 42.5 Å². The number of hydrogen-bond acceptors (Lipinski definition) is 3. The molecule has 0 saturated carbocycles. The quantitative estimate of drug-likeness (QED) is 0.750. The van der Waals surface area contributed by atoms with Crippen molar-refractivity contribution < 1.29 is 4.79 Å². The Kier molecular flexibility index (Phi) is 4.28. The molecular formula is C19H23N5O. The van der Waals surface area contributed by atoms with Crippen molar-refractivity contribution in [3.05, 3.63) is 54.0 Å². The summed E-state index contributed by atoms with van der Waals surface area (Å²) in [5.41, 5.74) is 2.95. The molecule has 3 aromatic rings. The van der Waals surface area contributed by atoms with E-state index in [2.05, 4.69) is 26.5 Å². The number of aromatic amines is 1. The minimum atomic E-state index is 0.00205. The van der Waals surface area contributed by atoms with Crippen LogP contribution in [0.1, 0.15) is 22.3 Å². The van der Waals surface area contributed by atoms with Crippen molar-refractivity contribution in [1.82, 2.24) is 25.0 Å². The van der Waals surface area contributed by atoms with Gasteiger partial charge in [0.2, 0.25) is 0 Å². The number of hydrogen-bond donors (Lipinski definition) is 2. The van der Waals surface area contributed by atoms with Gasteiger partial charge in [-0.1, -0.05) is 6.07 Å². The van der Waals surface area contributed by atoms with Gasteiger partial charge in [0.15, 0.2) is 0 Å². The maximum Gasteiger partial charge on any atom is 0.251 e. The van der Waals surface area contributed by atoms with Crippen molar-refractivity contribution in [3.63, 3.8) is 0 Å². The highest BCUT2D eigenvalue weighted by Crippen LogP contribution is 2.18. The highest BCUT2D eigenvalue weighted by molar-refractivity contribution is 5.97. The molecule has 0 spiro atoms. The molecule has 1 fully saturated rings. The van der Waals surface area contributed by atoms with Crippen LogP contribution < -0.4 is 5.32 Å². The van der Waals surface area contributed by atoms with Crippen molar-refractivity contribution in [3.8, 4) is 0 Å². The second-order valence-corrected chi connectivity index (χ2v) is 6.90. The average molecular weight is 337 g/mol. The van der Waals surface area contributed by atoms with Crippen LogP contribution in [-0.2, 0) is 13.6 Å². The summed E-state index contributed by atoms with van der Waals surface area (Å²) in [5, 5.41) is 8.43. The van der Waals surface area contributed by atoms with Gasteiger partial charge >= 0.3 is 0 Å². The fourth-order valence-electron chi connectivity index (χ4n) is 3.56. The van der Waals surface area contributed by atoms with Crippen molar-refractivity contribution in [2.24, 2.45) is 13.0 Å². The summed E-state index contributed by atoms with van der Waals surface area (Å²) in [5.74, 6) is 0.511. The molecule has 0 aliphatic carbocycles. The predicted molar refractivity (Wildman–Crippen MR) is 97.2 cm³/mol. The zero-order chi connectivity index (χ0) is 17.2. The molecule has 1 saturated heterocycles. The van der Waals surface area contributed by atoms with Crippen LogP contribution in [-0.4, -0.2) is 45.2 Å². The zero-order valence-corrected chi connectivity index (χ0v) is 14.4. The van der Waals surface area contributed by atoms with E-state index in [1.165, 1.54) is 5.56 Å². The summed E-state index contributed by atoms with van der Waals surface area (Å²) in [6, 6.07) is 7.78. The molecule has 2 aromatic heterocycles. The van der Waals surface area contributed by atoms with Crippen molar-refractivity contribution in [1.29, 1.82) is 0 Å². The van der Waals surface area contributed by atoms with Crippen LogP contribution in [0.5, 0.6) is 0 Å². The highest BCUT2D eigenvalue weighted by Gasteiger charge is 2.23. The van der Waals surface area contributed by atoms with Gasteiger partial charge in [-0.25, -0.2) is 0 Å². The second-order valence-electron chi connectivity index (χ2n) is 6.90. The zero-order valence-electron chi connectivity index (χ0n) is 14.4. The van der Waals surface area contributed by atoms with Crippen LogP contribution in [0.4, 0.5) is 0 Å². The SMILES string of the molecule is Cn1cc(CN2CC[C@@H](CNC(=O)c3ccc4cc[nH]c4c3)C2)cn1. The Morgan fingerprint density at radius 2 is 2.32 bits per heavy atom. The lowest BCUT2D eigenvalue weighted by molar-refractivity contribution is 0.0947. The van der Waals surface area contributed by atoms with Crippen molar-refractivity contribution in [2.75, 3.05) is 19.6 Å². The Hall–Kier alpha value is -2.60. The van der Waals surface area contributed by atoms with E-state index in [4.69, 9.17) is 0 Å². The Morgan fingerprint density at radius 1 is 1.40 bits per heavy atom. The van der Waals surface area contributed by atoms with Gasteiger partial charge in [-0.2, -0.15) is 5.10 Å². The molecule has 130 valence electrons. The number of H-pyrrole nitrogens is 1. The van der Waals surface area contributed by atoms with Crippen molar-refractivity contribution >= 4 is 16.8 Å². The number of carbonyl (C=O) groups excluding carboxylic acids is 1. The number of benzene rings is 1. The summed E-state index contributed by atoms with van der Waals surface area (Å²) in [6.45, 7) is 3.75. The molecule has 4 rings (SSSR count). The predicted octanol–water partition coefficient (Wildman–Crippen LogP) is 2.15. The lowest BCUT2D eigenvalue weighted by Gasteiger charge is -2.15. The van der Waals surface area contributed by atoms with Crippen LogP contribution in [0.15, 0.2) is 42.9 Å². The van der Waals surface area contributed by atoms with Gasteiger partial charge in [0, 0.05) is 55.7 Å². The molecule has 1 aromatic carbocycles. The monoisotopic (exact) mass is 337 g/mol. The molecule has 1 aliphatic rings. The molecule has 1 aliphatic heterocycles. The third kappa shape index (κ3) is 3.58. The smallest absolute Gasteiger partial charge is 0.251 e. The number of amides is 1. The molecule has 3 heterocycles. The molecular weight excluding hydrogens is 314 g/mol. The topological polar surface area (TPSA) is 65.9 Å². The van der Waals surface area contributed by atoms with Gasteiger partial charge in [0.05, 0.1) is 6.20 Å². The Labute approximate surface area is 146 Å². The van der Waals surface area contributed by atoms with E-state index in [9.17, 15) is 4.79 Å². The standard InChI is InChI=1S/C19H23N5O/c1-23-11-15(10-22-23)13-24-7-5-14(12-24)9-21-19(25)17-3-2-16-4-6-20-18(16)8-17/h2-4,6,8,10-11,14,20H,5,7,9,12-13H2,1H3,(H,21,25)/t14-/m0/s1. The van der Waals surface area contributed by atoms with Gasteiger partial charge in [-0.15, -0.1) is 0 Å². The maximum absolute atomic E-state index is 12.4. The van der Waals surface area contributed by atoms with Crippen LogP contribution in [0.3, 0.4) is 0 Å². The molecule has 25 heavy (non-hydrogen) atoms. The first kappa shape index (κ1) is 15.9. The lowest BCUT2D eigenvalue weighted by atomic mass is 10.1. The van der Waals surface area contributed by atoms with E-state index >= 15 is 0 Å². The van der Waals surface area contributed by atoms with Gasteiger partial charge in [-0.3, -0.25) is 14.4 Å². The average Bonchev–Trinajstić information content (AvgIpc) is 3.33. The molecule has 2 N–H and O–H groups in total. The molecule has 1 atom stereocenters. The Bertz CT molecular complexity index is 881. The van der Waals surface area contributed by atoms with Crippen LogP contribution in [0.2, 0.25) is 0 Å². The molecule has 0 radical (unpaired) electrons. The van der Waals surface area contributed by atoms with E-state index in [0.29, 0.717) is 11.5 Å². The summed E-state index contributed by atoms with van der Waals surface area (Å²) in [4.78, 5) is 18.0. The third-order valence-electron chi connectivity index (χ3n) is 4.90. The fourth-order valence-corrected chi connectivity index (χ4v) is 3.56. The fraction of sp³-hybridized carbons (Fsp3) is 0.368. The second kappa shape index (κ2) is 6.72. The molecule has 0 bridgehead atoms. The van der Waals surface area contributed by atoms with Crippen LogP contribution in [0, 0.1) is 5.92 Å².